The van der Waals surface area contributed by atoms with E-state index in [4.69, 9.17) is 4.74 Å². The van der Waals surface area contributed by atoms with Gasteiger partial charge in [0.25, 0.3) is 10.2 Å². The molecule has 0 radical (unpaired) electrons. The predicted molar refractivity (Wildman–Crippen MR) is 99.8 cm³/mol. The second kappa shape index (κ2) is 9.17. The fourth-order valence-electron chi connectivity index (χ4n) is 2.03. The summed E-state index contributed by atoms with van der Waals surface area (Å²) in [4.78, 5) is 11.7. The van der Waals surface area contributed by atoms with E-state index in [2.05, 4.69) is 14.8 Å². The van der Waals surface area contributed by atoms with Gasteiger partial charge in [-0.3, -0.25) is 5.32 Å². The molecule has 0 bridgehead atoms. The van der Waals surface area contributed by atoms with Gasteiger partial charge in [0.1, 0.15) is 5.60 Å². The second-order valence-electron chi connectivity index (χ2n) is 7.10. The second-order valence-corrected chi connectivity index (χ2v) is 8.63. The Balaban J connectivity index is 2.39. The SMILES string of the molecule is CC(C)NS(=O)(=O)NCCCc1ccc(NC(=O)OC(C)(C)C)cc1. The summed E-state index contributed by atoms with van der Waals surface area (Å²) in [6.45, 7) is 9.32. The molecule has 1 aromatic carbocycles. The van der Waals surface area contributed by atoms with E-state index in [1.54, 1.807) is 46.8 Å². The van der Waals surface area contributed by atoms with Gasteiger partial charge in [0.2, 0.25) is 0 Å². The summed E-state index contributed by atoms with van der Waals surface area (Å²) in [5.41, 5.74) is 1.17. The molecule has 8 heteroatoms. The number of aryl methyl sites for hydroxylation is 1. The Bertz CT molecular complexity index is 649. The molecule has 25 heavy (non-hydrogen) atoms. The van der Waals surface area contributed by atoms with Crippen molar-refractivity contribution in [2.75, 3.05) is 11.9 Å². The first-order valence-corrected chi connectivity index (χ1v) is 9.81. The predicted octanol–water partition coefficient (Wildman–Crippen LogP) is 2.80. The normalized spacial score (nSPS) is 12.2. The van der Waals surface area contributed by atoms with Crippen molar-refractivity contribution in [2.24, 2.45) is 0 Å². The van der Waals surface area contributed by atoms with Gasteiger partial charge in [0.05, 0.1) is 0 Å². The minimum atomic E-state index is -3.43. The third kappa shape index (κ3) is 10.1. The summed E-state index contributed by atoms with van der Waals surface area (Å²) in [5, 5.41) is 2.67. The van der Waals surface area contributed by atoms with Gasteiger partial charge < -0.3 is 4.74 Å². The Morgan fingerprint density at radius 1 is 1.16 bits per heavy atom. The first kappa shape index (κ1) is 21.4. The van der Waals surface area contributed by atoms with E-state index in [0.29, 0.717) is 18.7 Å². The van der Waals surface area contributed by atoms with Gasteiger partial charge in [-0.1, -0.05) is 12.1 Å². The molecule has 3 N–H and O–H groups in total. The number of hydrogen-bond donors (Lipinski definition) is 3. The zero-order valence-electron chi connectivity index (χ0n) is 15.5. The minimum absolute atomic E-state index is 0.137. The number of amides is 1. The van der Waals surface area contributed by atoms with Gasteiger partial charge >= 0.3 is 6.09 Å². The van der Waals surface area contributed by atoms with Crippen LogP contribution >= 0.6 is 0 Å². The quantitative estimate of drug-likeness (QED) is 0.612. The number of ether oxygens (including phenoxy) is 1. The van der Waals surface area contributed by atoms with E-state index in [1.807, 2.05) is 12.1 Å². The van der Waals surface area contributed by atoms with Crippen molar-refractivity contribution in [3.8, 4) is 0 Å². The molecule has 0 aliphatic rings. The van der Waals surface area contributed by atoms with E-state index in [9.17, 15) is 13.2 Å². The number of benzene rings is 1. The highest BCUT2D eigenvalue weighted by atomic mass is 32.2. The Morgan fingerprint density at radius 2 is 1.76 bits per heavy atom. The molecular weight excluding hydrogens is 342 g/mol. The van der Waals surface area contributed by atoms with Gasteiger partial charge in [-0.15, -0.1) is 0 Å². The molecule has 0 spiro atoms. The van der Waals surface area contributed by atoms with Crippen molar-refractivity contribution in [1.82, 2.24) is 9.44 Å². The highest BCUT2D eigenvalue weighted by Crippen LogP contribution is 2.13. The average molecular weight is 372 g/mol. The summed E-state index contributed by atoms with van der Waals surface area (Å²) < 4.78 is 33.4. The van der Waals surface area contributed by atoms with Crippen LogP contribution in [0.5, 0.6) is 0 Å². The van der Waals surface area contributed by atoms with Crippen molar-refractivity contribution in [1.29, 1.82) is 0 Å². The number of nitrogens with one attached hydrogen (secondary N) is 3. The minimum Gasteiger partial charge on any atom is -0.444 e. The van der Waals surface area contributed by atoms with Gasteiger partial charge in [-0.05, 0) is 65.2 Å². The molecule has 1 aromatic rings. The fourth-order valence-corrected chi connectivity index (χ4v) is 3.14. The maximum Gasteiger partial charge on any atom is 0.412 e. The van der Waals surface area contributed by atoms with Gasteiger partial charge in [0.15, 0.2) is 0 Å². The smallest absolute Gasteiger partial charge is 0.412 e. The third-order valence-electron chi connectivity index (χ3n) is 2.92. The van der Waals surface area contributed by atoms with Crippen LogP contribution in [-0.4, -0.2) is 32.7 Å². The summed E-state index contributed by atoms with van der Waals surface area (Å²) in [7, 11) is -3.43. The molecule has 0 saturated heterocycles. The Morgan fingerprint density at radius 3 is 2.28 bits per heavy atom. The van der Waals surface area contributed by atoms with Gasteiger partial charge in [-0.2, -0.15) is 13.1 Å². The van der Waals surface area contributed by atoms with Gasteiger partial charge in [-0.25, -0.2) is 9.52 Å². The lowest BCUT2D eigenvalue weighted by atomic mass is 10.1. The molecule has 0 aliphatic carbocycles. The van der Waals surface area contributed by atoms with E-state index >= 15 is 0 Å². The third-order valence-corrected chi connectivity index (χ3v) is 4.29. The summed E-state index contributed by atoms with van der Waals surface area (Å²) >= 11 is 0. The molecule has 1 rings (SSSR count). The molecule has 0 saturated carbocycles. The maximum atomic E-state index is 11.7. The van der Waals surface area contributed by atoms with Crippen molar-refractivity contribution in [3.05, 3.63) is 29.8 Å². The van der Waals surface area contributed by atoms with Crippen LogP contribution in [0.3, 0.4) is 0 Å². The molecule has 0 fully saturated rings. The zero-order chi connectivity index (χ0) is 19.1. The van der Waals surface area contributed by atoms with Crippen LogP contribution in [0.2, 0.25) is 0 Å². The van der Waals surface area contributed by atoms with Crippen LogP contribution in [0.25, 0.3) is 0 Å². The van der Waals surface area contributed by atoms with E-state index in [-0.39, 0.29) is 6.04 Å². The average Bonchev–Trinajstić information content (AvgIpc) is 2.41. The van der Waals surface area contributed by atoms with Crippen LogP contribution in [0, 0.1) is 0 Å². The summed E-state index contributed by atoms with van der Waals surface area (Å²) in [6, 6.07) is 7.25. The van der Waals surface area contributed by atoms with Crippen LogP contribution < -0.4 is 14.8 Å². The number of rotatable bonds is 8. The Kier molecular flexibility index (Phi) is 7.85. The van der Waals surface area contributed by atoms with E-state index < -0.39 is 21.9 Å². The number of anilines is 1. The molecule has 0 aliphatic heterocycles. The first-order valence-electron chi connectivity index (χ1n) is 8.33. The molecule has 0 heterocycles. The number of carbonyl (C=O) groups excluding carboxylic acids is 1. The topological polar surface area (TPSA) is 96.5 Å². The van der Waals surface area contributed by atoms with Crippen molar-refractivity contribution < 1.29 is 17.9 Å². The largest absolute Gasteiger partial charge is 0.444 e. The lowest BCUT2D eigenvalue weighted by Gasteiger charge is -2.19. The van der Waals surface area contributed by atoms with Crippen molar-refractivity contribution >= 4 is 22.0 Å². The summed E-state index contributed by atoms with van der Waals surface area (Å²) in [5.74, 6) is 0. The number of hydrogen-bond acceptors (Lipinski definition) is 4. The van der Waals surface area contributed by atoms with Crippen LogP contribution in [0.4, 0.5) is 10.5 Å². The Hall–Kier alpha value is -1.64. The molecule has 7 nitrogen and oxygen atoms in total. The number of carbonyl (C=O) groups is 1. The fraction of sp³-hybridized carbons (Fsp3) is 0.588. The molecule has 1 amide bonds. The van der Waals surface area contributed by atoms with E-state index in [1.165, 1.54) is 0 Å². The highest BCUT2D eigenvalue weighted by Gasteiger charge is 2.16. The molecular formula is C17H29N3O4S. The van der Waals surface area contributed by atoms with E-state index in [0.717, 1.165) is 12.0 Å². The van der Waals surface area contributed by atoms with Crippen LogP contribution in [0.1, 0.15) is 46.6 Å². The molecule has 0 atom stereocenters. The zero-order valence-corrected chi connectivity index (χ0v) is 16.4. The summed E-state index contributed by atoms with van der Waals surface area (Å²) in [6.07, 6.45) is 0.918. The maximum absolute atomic E-state index is 11.7. The molecule has 142 valence electrons. The molecule has 0 aromatic heterocycles. The van der Waals surface area contributed by atoms with Crippen LogP contribution in [-0.2, 0) is 21.4 Å². The highest BCUT2D eigenvalue weighted by molar-refractivity contribution is 7.87. The lowest BCUT2D eigenvalue weighted by molar-refractivity contribution is 0.0636. The molecule has 0 unspecified atom stereocenters. The first-order chi connectivity index (χ1) is 11.5. The Labute approximate surface area is 150 Å². The van der Waals surface area contributed by atoms with Gasteiger partial charge in [0, 0.05) is 18.3 Å². The standard InChI is InChI=1S/C17H29N3O4S/c1-13(2)20-25(22,23)18-12-6-7-14-8-10-15(11-9-14)19-16(21)24-17(3,4)5/h8-11,13,18,20H,6-7,12H2,1-5H3,(H,19,21). The monoisotopic (exact) mass is 371 g/mol. The van der Waals surface area contributed by atoms with Crippen LogP contribution in [0.15, 0.2) is 24.3 Å². The lowest BCUT2D eigenvalue weighted by Crippen LogP contribution is -2.40. The van der Waals surface area contributed by atoms with Crippen molar-refractivity contribution in [2.45, 2.75) is 59.1 Å². The van der Waals surface area contributed by atoms with Crippen molar-refractivity contribution in [3.63, 3.8) is 0 Å².